The molecule has 0 saturated carbocycles. The SMILES string of the molecule is CC1C=C(Nc2cc(Cl)nc(Sc3ccc(NC(=O)c4ccccc4Cl)cc3)n2)NN1. The number of amides is 1. The number of halogens is 2. The maximum absolute atomic E-state index is 12.4. The van der Waals surface area contributed by atoms with Crippen molar-refractivity contribution in [2.24, 2.45) is 0 Å². The molecular weight excluding hydrogens is 455 g/mol. The molecule has 7 nitrogen and oxygen atoms in total. The number of hydrazine groups is 1. The standard InChI is InChI=1S/C21H18Cl2N6OS/c1-12-10-19(29-28-12)26-18-11-17(23)25-21(27-18)31-14-8-6-13(7-9-14)24-20(30)15-4-2-3-5-16(15)22/h2-12,28-29H,1H3,(H,24,30)(H,25,26,27). The number of anilines is 2. The van der Waals surface area contributed by atoms with Gasteiger partial charge >= 0.3 is 0 Å². The van der Waals surface area contributed by atoms with Gasteiger partial charge in [-0.15, -0.1) is 0 Å². The predicted octanol–water partition coefficient (Wildman–Crippen LogP) is 4.94. The summed E-state index contributed by atoms with van der Waals surface area (Å²) in [6.07, 6.45) is 2.00. The number of aromatic nitrogens is 2. The average Bonchev–Trinajstić information content (AvgIpc) is 3.14. The van der Waals surface area contributed by atoms with Crippen molar-refractivity contribution in [3.8, 4) is 0 Å². The molecule has 10 heteroatoms. The zero-order valence-electron chi connectivity index (χ0n) is 16.3. The van der Waals surface area contributed by atoms with Gasteiger partial charge in [-0.05, 0) is 61.2 Å². The maximum Gasteiger partial charge on any atom is 0.257 e. The fourth-order valence-electron chi connectivity index (χ4n) is 2.80. The lowest BCUT2D eigenvalue weighted by Crippen LogP contribution is -2.31. The molecular formula is C21H18Cl2N6OS. The highest BCUT2D eigenvalue weighted by molar-refractivity contribution is 7.99. The van der Waals surface area contributed by atoms with E-state index in [0.717, 1.165) is 10.7 Å². The van der Waals surface area contributed by atoms with Crippen LogP contribution in [0.2, 0.25) is 10.2 Å². The summed E-state index contributed by atoms with van der Waals surface area (Å²) in [5, 5.41) is 7.25. The van der Waals surface area contributed by atoms with Crippen LogP contribution in [0.4, 0.5) is 11.5 Å². The molecule has 3 aromatic rings. The monoisotopic (exact) mass is 472 g/mol. The third-order valence-corrected chi connectivity index (χ3v) is 5.62. The Morgan fingerprint density at radius 3 is 2.58 bits per heavy atom. The van der Waals surface area contributed by atoms with E-state index in [1.165, 1.54) is 11.8 Å². The number of carbonyl (C=O) groups is 1. The molecule has 0 bridgehead atoms. The summed E-state index contributed by atoms with van der Waals surface area (Å²) in [6.45, 7) is 2.02. The largest absolute Gasteiger partial charge is 0.326 e. The second-order valence-corrected chi connectivity index (χ2v) is 8.52. The highest BCUT2D eigenvalue weighted by atomic mass is 35.5. The fraction of sp³-hybridized carbons (Fsp3) is 0.0952. The van der Waals surface area contributed by atoms with Crippen LogP contribution in [0.1, 0.15) is 17.3 Å². The van der Waals surface area contributed by atoms with E-state index in [4.69, 9.17) is 23.2 Å². The van der Waals surface area contributed by atoms with Crippen molar-refractivity contribution in [2.75, 3.05) is 10.6 Å². The van der Waals surface area contributed by atoms with E-state index in [9.17, 15) is 4.79 Å². The van der Waals surface area contributed by atoms with Gasteiger partial charge in [0.05, 0.1) is 10.6 Å². The lowest BCUT2D eigenvalue weighted by molar-refractivity contribution is 0.102. The first-order chi connectivity index (χ1) is 15.0. The normalized spacial score (nSPS) is 15.2. The van der Waals surface area contributed by atoms with Crippen LogP contribution in [-0.2, 0) is 0 Å². The zero-order chi connectivity index (χ0) is 21.8. The van der Waals surface area contributed by atoms with Crippen molar-refractivity contribution in [1.82, 2.24) is 20.8 Å². The summed E-state index contributed by atoms with van der Waals surface area (Å²) in [6, 6.07) is 16.1. The van der Waals surface area contributed by atoms with Crippen LogP contribution in [0, 0.1) is 0 Å². The second kappa shape index (κ2) is 9.57. The molecule has 2 aromatic carbocycles. The Morgan fingerprint density at radius 2 is 1.87 bits per heavy atom. The van der Waals surface area contributed by atoms with E-state index < -0.39 is 0 Å². The molecule has 4 N–H and O–H groups in total. The molecule has 4 rings (SSSR count). The average molecular weight is 473 g/mol. The van der Waals surface area contributed by atoms with Gasteiger partial charge < -0.3 is 16.1 Å². The zero-order valence-corrected chi connectivity index (χ0v) is 18.6. The van der Waals surface area contributed by atoms with E-state index >= 15 is 0 Å². The number of rotatable bonds is 6. The molecule has 0 radical (unpaired) electrons. The van der Waals surface area contributed by atoms with Crippen molar-refractivity contribution < 1.29 is 4.79 Å². The van der Waals surface area contributed by atoms with Gasteiger partial charge in [0.2, 0.25) is 0 Å². The summed E-state index contributed by atoms with van der Waals surface area (Å²) >= 11 is 13.6. The Balaban J connectivity index is 1.42. The van der Waals surface area contributed by atoms with Gasteiger partial charge in [-0.25, -0.2) is 15.4 Å². The van der Waals surface area contributed by atoms with Gasteiger partial charge in [0, 0.05) is 22.7 Å². The highest BCUT2D eigenvalue weighted by Gasteiger charge is 2.13. The lowest BCUT2D eigenvalue weighted by atomic mass is 10.2. The van der Waals surface area contributed by atoms with Gasteiger partial charge in [0.15, 0.2) is 5.16 Å². The Hall–Kier alpha value is -2.78. The quantitative estimate of drug-likeness (QED) is 0.298. The number of hydrogen-bond donors (Lipinski definition) is 4. The van der Waals surface area contributed by atoms with Crippen molar-refractivity contribution in [2.45, 2.75) is 23.0 Å². The van der Waals surface area contributed by atoms with Gasteiger partial charge in [0.1, 0.15) is 16.8 Å². The molecule has 0 fully saturated rings. The van der Waals surface area contributed by atoms with Crippen molar-refractivity contribution >= 4 is 52.4 Å². The van der Waals surface area contributed by atoms with Crippen LogP contribution in [-0.4, -0.2) is 21.9 Å². The Morgan fingerprint density at radius 1 is 1.10 bits per heavy atom. The molecule has 31 heavy (non-hydrogen) atoms. The van der Waals surface area contributed by atoms with Crippen molar-refractivity contribution in [3.63, 3.8) is 0 Å². The molecule has 1 amide bonds. The molecule has 0 saturated heterocycles. The highest BCUT2D eigenvalue weighted by Crippen LogP contribution is 2.28. The third kappa shape index (κ3) is 5.68. The molecule has 0 aliphatic carbocycles. The molecule has 0 spiro atoms. The fourth-order valence-corrected chi connectivity index (χ4v) is 4.02. The van der Waals surface area contributed by atoms with E-state index in [2.05, 4.69) is 31.5 Å². The maximum atomic E-state index is 12.4. The first-order valence-electron chi connectivity index (χ1n) is 9.35. The van der Waals surface area contributed by atoms with Gasteiger partial charge in [-0.2, -0.15) is 0 Å². The predicted molar refractivity (Wildman–Crippen MR) is 124 cm³/mol. The first-order valence-corrected chi connectivity index (χ1v) is 10.9. The minimum atomic E-state index is -0.265. The molecule has 1 aliphatic heterocycles. The summed E-state index contributed by atoms with van der Waals surface area (Å²) < 4.78 is 0. The first kappa shape index (κ1) is 21.5. The van der Waals surface area contributed by atoms with Gasteiger partial charge in [0.25, 0.3) is 5.91 Å². The minimum absolute atomic E-state index is 0.213. The van der Waals surface area contributed by atoms with Crippen LogP contribution in [0.3, 0.4) is 0 Å². The van der Waals surface area contributed by atoms with Crippen LogP contribution in [0.15, 0.2) is 76.5 Å². The Bertz CT molecular complexity index is 1140. The molecule has 1 aliphatic rings. The van der Waals surface area contributed by atoms with Crippen LogP contribution >= 0.6 is 35.0 Å². The van der Waals surface area contributed by atoms with Crippen LogP contribution in [0.25, 0.3) is 0 Å². The lowest BCUT2D eigenvalue weighted by Gasteiger charge is -2.10. The van der Waals surface area contributed by atoms with Gasteiger partial charge in [-0.3, -0.25) is 4.79 Å². The molecule has 1 atom stereocenters. The molecule has 1 unspecified atom stereocenters. The molecule has 1 aromatic heterocycles. The van der Waals surface area contributed by atoms with E-state index in [1.54, 1.807) is 42.5 Å². The summed E-state index contributed by atoms with van der Waals surface area (Å²) in [5.74, 6) is 1.12. The summed E-state index contributed by atoms with van der Waals surface area (Å²) in [7, 11) is 0. The Kier molecular flexibility index (Phi) is 6.62. The summed E-state index contributed by atoms with van der Waals surface area (Å²) in [4.78, 5) is 22.1. The molecule has 158 valence electrons. The number of nitrogens with zero attached hydrogens (tertiary/aromatic N) is 2. The Labute approximate surface area is 193 Å². The number of benzene rings is 2. The minimum Gasteiger partial charge on any atom is -0.326 e. The van der Waals surface area contributed by atoms with E-state index in [1.807, 2.05) is 25.1 Å². The summed E-state index contributed by atoms with van der Waals surface area (Å²) in [5.41, 5.74) is 7.17. The smallest absolute Gasteiger partial charge is 0.257 e. The van der Waals surface area contributed by atoms with Crippen molar-refractivity contribution in [3.05, 3.63) is 82.2 Å². The van der Waals surface area contributed by atoms with Crippen LogP contribution < -0.4 is 21.5 Å². The molecule has 2 heterocycles. The number of nitrogens with one attached hydrogen (secondary N) is 4. The van der Waals surface area contributed by atoms with Crippen LogP contribution in [0.5, 0.6) is 0 Å². The topological polar surface area (TPSA) is 91.0 Å². The third-order valence-electron chi connectivity index (χ3n) is 4.23. The number of hydrogen-bond acceptors (Lipinski definition) is 7. The second-order valence-electron chi connectivity index (χ2n) is 6.68. The van der Waals surface area contributed by atoms with E-state index in [0.29, 0.717) is 32.4 Å². The van der Waals surface area contributed by atoms with Crippen molar-refractivity contribution in [1.29, 1.82) is 0 Å². The van der Waals surface area contributed by atoms with E-state index in [-0.39, 0.29) is 11.9 Å². The number of carbonyl (C=O) groups excluding carboxylic acids is 1. The van der Waals surface area contributed by atoms with Gasteiger partial charge in [-0.1, -0.05) is 35.3 Å².